The van der Waals surface area contributed by atoms with Crippen molar-refractivity contribution in [1.29, 1.82) is 0 Å². The number of piperidine rings is 2. The van der Waals surface area contributed by atoms with Gasteiger partial charge in [0.1, 0.15) is 0 Å². The van der Waals surface area contributed by atoms with Gasteiger partial charge >= 0.3 is 0 Å². The van der Waals surface area contributed by atoms with Gasteiger partial charge in [-0.05, 0) is 44.7 Å². The molecular formula is C10H20N2. The van der Waals surface area contributed by atoms with Gasteiger partial charge in [-0.3, -0.25) is 0 Å². The summed E-state index contributed by atoms with van der Waals surface area (Å²) in [7, 11) is 0. The lowest BCUT2D eigenvalue weighted by molar-refractivity contribution is 0.0778. The summed E-state index contributed by atoms with van der Waals surface area (Å²) in [5.74, 6) is 0.791. The van der Waals surface area contributed by atoms with Gasteiger partial charge in [-0.2, -0.15) is 0 Å². The molecule has 0 aromatic carbocycles. The van der Waals surface area contributed by atoms with Crippen molar-refractivity contribution in [1.82, 2.24) is 4.90 Å². The van der Waals surface area contributed by atoms with Crippen molar-refractivity contribution < 1.29 is 0 Å². The number of fused-ring (bicyclic) bond motifs is 1. The molecule has 2 heteroatoms. The number of nitrogens with two attached hydrogens (primary N) is 1. The van der Waals surface area contributed by atoms with Gasteiger partial charge in [-0.15, -0.1) is 0 Å². The zero-order valence-electron chi connectivity index (χ0n) is 7.84. The van der Waals surface area contributed by atoms with E-state index in [4.69, 9.17) is 5.73 Å². The number of hydrogen-bond donors (Lipinski definition) is 1. The molecule has 0 saturated carbocycles. The minimum Gasteiger partial charge on any atom is -0.330 e. The molecule has 0 spiro atoms. The highest BCUT2D eigenvalue weighted by Crippen LogP contribution is 2.28. The van der Waals surface area contributed by atoms with Crippen molar-refractivity contribution in [3.05, 3.63) is 0 Å². The Labute approximate surface area is 75.1 Å². The van der Waals surface area contributed by atoms with E-state index in [1.54, 1.807) is 0 Å². The van der Waals surface area contributed by atoms with Crippen LogP contribution < -0.4 is 5.73 Å². The highest BCUT2D eigenvalue weighted by Gasteiger charge is 2.28. The Hall–Kier alpha value is -0.0800. The van der Waals surface area contributed by atoms with Gasteiger partial charge in [0.2, 0.25) is 0 Å². The number of hydrogen-bond acceptors (Lipinski definition) is 2. The Kier molecular flexibility index (Phi) is 2.66. The molecule has 0 amide bonds. The van der Waals surface area contributed by atoms with E-state index in [1.807, 2.05) is 0 Å². The summed E-state index contributed by atoms with van der Waals surface area (Å²) >= 11 is 0. The van der Waals surface area contributed by atoms with Crippen molar-refractivity contribution in [2.24, 2.45) is 11.7 Å². The second-order valence-electron chi connectivity index (χ2n) is 4.32. The van der Waals surface area contributed by atoms with Crippen LogP contribution in [0.3, 0.4) is 0 Å². The fourth-order valence-corrected chi connectivity index (χ4v) is 2.67. The summed E-state index contributed by atoms with van der Waals surface area (Å²) in [5, 5.41) is 0. The maximum Gasteiger partial charge on any atom is 0.00955 e. The van der Waals surface area contributed by atoms with E-state index < -0.39 is 0 Å². The standard InChI is InChI=1S/C10H20N2/c11-7-9-4-5-10-3-1-2-6-12(10)8-9/h9-10H,1-8,11H2. The van der Waals surface area contributed by atoms with Crippen LogP contribution >= 0.6 is 0 Å². The van der Waals surface area contributed by atoms with Crippen LogP contribution in [0, 0.1) is 5.92 Å². The Morgan fingerprint density at radius 1 is 1.17 bits per heavy atom. The van der Waals surface area contributed by atoms with Crippen molar-refractivity contribution in [2.45, 2.75) is 38.1 Å². The molecule has 0 aliphatic carbocycles. The monoisotopic (exact) mass is 168 g/mol. The molecule has 2 unspecified atom stereocenters. The van der Waals surface area contributed by atoms with Gasteiger partial charge in [-0.1, -0.05) is 6.42 Å². The number of rotatable bonds is 1. The lowest BCUT2D eigenvalue weighted by atomic mass is 9.88. The molecule has 2 aliphatic heterocycles. The molecule has 2 heterocycles. The minimum absolute atomic E-state index is 0.791. The summed E-state index contributed by atoms with van der Waals surface area (Å²) in [6, 6.07) is 0.918. The lowest BCUT2D eigenvalue weighted by Gasteiger charge is -2.42. The SMILES string of the molecule is NCC1CCC2CCCCN2C1. The Morgan fingerprint density at radius 3 is 2.92 bits per heavy atom. The summed E-state index contributed by atoms with van der Waals surface area (Å²) in [4.78, 5) is 2.67. The molecule has 2 atom stereocenters. The lowest BCUT2D eigenvalue weighted by Crippen LogP contribution is -2.47. The van der Waals surface area contributed by atoms with Gasteiger partial charge in [0.25, 0.3) is 0 Å². The number of nitrogens with zero attached hydrogens (tertiary/aromatic N) is 1. The molecule has 2 saturated heterocycles. The summed E-state index contributed by atoms with van der Waals surface area (Å²) < 4.78 is 0. The smallest absolute Gasteiger partial charge is 0.00955 e. The van der Waals surface area contributed by atoms with Gasteiger partial charge in [0.15, 0.2) is 0 Å². The maximum atomic E-state index is 5.70. The van der Waals surface area contributed by atoms with Crippen molar-refractivity contribution >= 4 is 0 Å². The summed E-state index contributed by atoms with van der Waals surface area (Å²) in [6.07, 6.45) is 7.08. The fourth-order valence-electron chi connectivity index (χ4n) is 2.67. The molecule has 2 fully saturated rings. The van der Waals surface area contributed by atoms with Gasteiger partial charge in [0.05, 0.1) is 0 Å². The average molecular weight is 168 g/mol. The zero-order chi connectivity index (χ0) is 8.39. The average Bonchev–Trinajstić information content (AvgIpc) is 2.17. The van der Waals surface area contributed by atoms with Crippen LogP contribution in [0.25, 0.3) is 0 Å². The minimum atomic E-state index is 0.791. The predicted octanol–water partition coefficient (Wildman–Crippen LogP) is 1.21. The molecule has 70 valence electrons. The first-order valence-electron chi connectivity index (χ1n) is 5.34. The first-order valence-corrected chi connectivity index (χ1v) is 5.34. The van der Waals surface area contributed by atoms with E-state index >= 15 is 0 Å². The topological polar surface area (TPSA) is 29.3 Å². The maximum absolute atomic E-state index is 5.70. The fraction of sp³-hybridized carbons (Fsp3) is 1.00. The molecule has 0 aromatic heterocycles. The highest BCUT2D eigenvalue weighted by atomic mass is 15.2. The Morgan fingerprint density at radius 2 is 2.08 bits per heavy atom. The molecule has 0 aromatic rings. The predicted molar refractivity (Wildman–Crippen MR) is 51.0 cm³/mol. The molecule has 12 heavy (non-hydrogen) atoms. The first kappa shape index (κ1) is 8.52. The van der Waals surface area contributed by atoms with E-state index in [-0.39, 0.29) is 0 Å². The largest absolute Gasteiger partial charge is 0.330 e. The second-order valence-corrected chi connectivity index (χ2v) is 4.32. The third kappa shape index (κ3) is 1.64. The Balaban J connectivity index is 1.90. The molecule has 0 bridgehead atoms. The first-order chi connectivity index (χ1) is 5.90. The van der Waals surface area contributed by atoms with E-state index in [9.17, 15) is 0 Å². The molecule has 2 rings (SSSR count). The summed E-state index contributed by atoms with van der Waals surface area (Å²) in [5.41, 5.74) is 5.70. The molecule has 2 nitrogen and oxygen atoms in total. The van der Waals surface area contributed by atoms with Gasteiger partial charge < -0.3 is 10.6 Å². The van der Waals surface area contributed by atoms with E-state index in [0.717, 1.165) is 18.5 Å². The summed E-state index contributed by atoms with van der Waals surface area (Å²) in [6.45, 7) is 3.51. The van der Waals surface area contributed by atoms with Crippen LogP contribution in [0.5, 0.6) is 0 Å². The molecule has 0 radical (unpaired) electrons. The van der Waals surface area contributed by atoms with Gasteiger partial charge in [-0.25, -0.2) is 0 Å². The van der Waals surface area contributed by atoms with Gasteiger partial charge in [0, 0.05) is 12.6 Å². The van der Waals surface area contributed by atoms with Crippen molar-refractivity contribution in [3.8, 4) is 0 Å². The van der Waals surface area contributed by atoms with E-state index in [0.29, 0.717) is 0 Å². The van der Waals surface area contributed by atoms with Crippen LogP contribution in [0.15, 0.2) is 0 Å². The van der Waals surface area contributed by atoms with Crippen LogP contribution in [0.2, 0.25) is 0 Å². The van der Waals surface area contributed by atoms with Crippen molar-refractivity contribution in [2.75, 3.05) is 19.6 Å². The Bertz CT molecular complexity index is 147. The second kappa shape index (κ2) is 3.75. The van der Waals surface area contributed by atoms with Crippen LogP contribution in [-0.4, -0.2) is 30.6 Å². The van der Waals surface area contributed by atoms with Crippen LogP contribution in [0.4, 0.5) is 0 Å². The van der Waals surface area contributed by atoms with E-state index in [2.05, 4.69) is 4.90 Å². The molecular weight excluding hydrogens is 148 g/mol. The normalized spacial score (nSPS) is 37.8. The molecule has 2 N–H and O–H groups in total. The van der Waals surface area contributed by atoms with E-state index in [1.165, 1.54) is 45.2 Å². The third-order valence-corrected chi connectivity index (χ3v) is 3.48. The highest BCUT2D eigenvalue weighted by molar-refractivity contribution is 4.84. The van der Waals surface area contributed by atoms with Crippen LogP contribution in [0.1, 0.15) is 32.1 Å². The van der Waals surface area contributed by atoms with Crippen LogP contribution in [-0.2, 0) is 0 Å². The van der Waals surface area contributed by atoms with Crippen molar-refractivity contribution in [3.63, 3.8) is 0 Å². The zero-order valence-corrected chi connectivity index (χ0v) is 7.84. The quantitative estimate of drug-likeness (QED) is 0.637. The third-order valence-electron chi connectivity index (χ3n) is 3.48. The molecule has 2 aliphatic rings.